The van der Waals surface area contributed by atoms with Crippen LogP contribution in [0.2, 0.25) is 0 Å². The van der Waals surface area contributed by atoms with Crippen LogP contribution in [-0.4, -0.2) is 13.1 Å². The third kappa shape index (κ3) is 3.33. The Balaban J connectivity index is 2.31. The van der Waals surface area contributed by atoms with Gasteiger partial charge in [-0.15, -0.1) is 0 Å². The van der Waals surface area contributed by atoms with Gasteiger partial charge in [-0.25, -0.2) is 0 Å². The van der Waals surface area contributed by atoms with Crippen molar-refractivity contribution in [1.82, 2.24) is 0 Å². The molecule has 19 heavy (non-hydrogen) atoms. The van der Waals surface area contributed by atoms with E-state index in [0.717, 1.165) is 25.6 Å². The quantitative estimate of drug-likeness (QED) is 0.788. The molecule has 5 heteroatoms. The summed E-state index contributed by atoms with van der Waals surface area (Å²) in [4.78, 5) is 2.00. The maximum atomic E-state index is 12.8. The van der Waals surface area contributed by atoms with Crippen LogP contribution in [0.5, 0.6) is 0 Å². The van der Waals surface area contributed by atoms with Crippen LogP contribution in [0.3, 0.4) is 0 Å². The minimum absolute atomic E-state index is 0.163. The topological polar surface area (TPSA) is 29.3 Å². The van der Waals surface area contributed by atoms with Gasteiger partial charge in [-0.05, 0) is 36.5 Å². The minimum atomic E-state index is -4.35. The maximum absolute atomic E-state index is 12.8. The largest absolute Gasteiger partial charge is 0.416 e. The predicted octanol–water partition coefficient (Wildman–Crippen LogP) is 3.77. The zero-order valence-corrected chi connectivity index (χ0v) is 11.2. The fourth-order valence-corrected chi connectivity index (χ4v) is 2.85. The molecule has 1 fully saturated rings. The zero-order chi connectivity index (χ0) is 14.2. The summed E-state index contributed by atoms with van der Waals surface area (Å²) >= 11 is 0. The first-order chi connectivity index (χ1) is 8.75. The van der Waals surface area contributed by atoms with Gasteiger partial charge in [0.25, 0.3) is 0 Å². The van der Waals surface area contributed by atoms with Crippen LogP contribution in [0.1, 0.15) is 25.8 Å². The Hall–Kier alpha value is -1.39. The van der Waals surface area contributed by atoms with Crippen molar-refractivity contribution in [2.45, 2.75) is 26.4 Å². The van der Waals surface area contributed by atoms with E-state index in [1.165, 1.54) is 6.07 Å². The number of nitrogen functional groups attached to an aromatic ring is 1. The number of nitrogens with zero attached hydrogens (tertiary/aromatic N) is 1. The van der Waals surface area contributed by atoms with Gasteiger partial charge in [-0.1, -0.05) is 13.8 Å². The second kappa shape index (κ2) is 4.94. The minimum Gasteiger partial charge on any atom is -0.399 e. The van der Waals surface area contributed by atoms with Crippen molar-refractivity contribution in [3.63, 3.8) is 0 Å². The highest BCUT2D eigenvalue weighted by molar-refractivity contribution is 5.59. The highest BCUT2D eigenvalue weighted by Crippen LogP contribution is 2.35. The number of nitrogens with two attached hydrogens (primary N) is 1. The standard InChI is InChI=1S/C14H19F3N2/c1-9-3-10(2)8-19(7-9)13-5-11(14(15,16)17)4-12(18)6-13/h4-6,9-10H,3,7-8,18H2,1-2H3. The van der Waals surface area contributed by atoms with Gasteiger partial charge in [0.2, 0.25) is 0 Å². The summed E-state index contributed by atoms with van der Waals surface area (Å²) < 4.78 is 38.4. The Morgan fingerprint density at radius 2 is 1.68 bits per heavy atom. The summed E-state index contributed by atoms with van der Waals surface area (Å²) in [7, 11) is 0. The summed E-state index contributed by atoms with van der Waals surface area (Å²) in [6.07, 6.45) is -3.23. The normalized spacial score (nSPS) is 24.6. The Bertz CT molecular complexity index is 446. The smallest absolute Gasteiger partial charge is 0.399 e. The molecule has 2 atom stereocenters. The summed E-state index contributed by atoms with van der Waals surface area (Å²) in [5.41, 5.74) is 5.67. The van der Waals surface area contributed by atoms with Gasteiger partial charge in [0.05, 0.1) is 5.56 Å². The van der Waals surface area contributed by atoms with E-state index in [4.69, 9.17) is 5.73 Å². The van der Waals surface area contributed by atoms with Crippen molar-refractivity contribution < 1.29 is 13.2 Å². The number of benzene rings is 1. The van der Waals surface area contributed by atoms with Gasteiger partial charge in [0.15, 0.2) is 0 Å². The summed E-state index contributed by atoms with van der Waals surface area (Å²) in [6.45, 7) is 5.81. The number of alkyl halides is 3. The van der Waals surface area contributed by atoms with E-state index < -0.39 is 11.7 Å². The van der Waals surface area contributed by atoms with Gasteiger partial charge < -0.3 is 10.6 Å². The summed E-state index contributed by atoms with van der Waals surface area (Å²) in [5.74, 6) is 0.971. The third-order valence-corrected chi connectivity index (χ3v) is 3.50. The molecule has 106 valence electrons. The molecule has 1 heterocycles. The van der Waals surface area contributed by atoms with Crippen molar-refractivity contribution in [3.8, 4) is 0 Å². The molecule has 2 nitrogen and oxygen atoms in total. The monoisotopic (exact) mass is 272 g/mol. The van der Waals surface area contributed by atoms with Gasteiger partial charge in [-0.3, -0.25) is 0 Å². The average molecular weight is 272 g/mol. The highest BCUT2D eigenvalue weighted by Gasteiger charge is 2.32. The Labute approximate surface area is 111 Å². The number of anilines is 2. The van der Waals surface area contributed by atoms with Crippen LogP contribution < -0.4 is 10.6 Å². The number of hydrogen-bond donors (Lipinski definition) is 1. The predicted molar refractivity (Wildman–Crippen MR) is 71.0 cm³/mol. The summed E-state index contributed by atoms with van der Waals surface area (Å²) in [6, 6.07) is 3.81. The first kappa shape index (κ1) is 14.0. The molecule has 2 rings (SSSR count). The van der Waals surface area contributed by atoms with E-state index >= 15 is 0 Å². The molecule has 0 bridgehead atoms. The SMILES string of the molecule is CC1CC(C)CN(c2cc(N)cc(C(F)(F)F)c2)C1. The lowest BCUT2D eigenvalue weighted by Crippen LogP contribution is -2.38. The van der Waals surface area contributed by atoms with Crippen LogP contribution in [0.4, 0.5) is 24.5 Å². The second-order valence-corrected chi connectivity index (χ2v) is 5.66. The first-order valence-corrected chi connectivity index (χ1v) is 6.48. The van der Waals surface area contributed by atoms with Crippen molar-refractivity contribution >= 4 is 11.4 Å². The van der Waals surface area contributed by atoms with E-state index in [-0.39, 0.29) is 5.69 Å². The lowest BCUT2D eigenvalue weighted by atomic mass is 9.91. The van der Waals surface area contributed by atoms with Crippen molar-refractivity contribution in [2.75, 3.05) is 23.7 Å². The number of halogens is 3. The summed E-state index contributed by atoms with van der Waals surface area (Å²) in [5, 5.41) is 0. The van der Waals surface area contributed by atoms with Crippen LogP contribution in [-0.2, 0) is 6.18 Å². The van der Waals surface area contributed by atoms with Crippen LogP contribution in [0.25, 0.3) is 0 Å². The van der Waals surface area contributed by atoms with Crippen LogP contribution >= 0.6 is 0 Å². The Kier molecular flexibility index (Phi) is 3.65. The molecule has 1 aliphatic rings. The molecule has 0 spiro atoms. The van der Waals surface area contributed by atoms with Gasteiger partial charge in [0, 0.05) is 24.5 Å². The first-order valence-electron chi connectivity index (χ1n) is 6.48. The Morgan fingerprint density at radius 3 is 2.21 bits per heavy atom. The van der Waals surface area contributed by atoms with E-state index in [2.05, 4.69) is 13.8 Å². The molecule has 0 saturated carbocycles. The van der Waals surface area contributed by atoms with E-state index in [0.29, 0.717) is 17.5 Å². The van der Waals surface area contributed by atoms with Crippen LogP contribution in [0.15, 0.2) is 18.2 Å². The zero-order valence-electron chi connectivity index (χ0n) is 11.2. The highest BCUT2D eigenvalue weighted by atomic mass is 19.4. The number of hydrogen-bond acceptors (Lipinski definition) is 2. The molecule has 0 aliphatic carbocycles. The number of piperidine rings is 1. The van der Waals surface area contributed by atoms with Crippen molar-refractivity contribution in [1.29, 1.82) is 0 Å². The lowest BCUT2D eigenvalue weighted by Gasteiger charge is -2.37. The molecule has 1 aromatic carbocycles. The van der Waals surface area contributed by atoms with E-state index in [1.807, 2.05) is 4.90 Å². The molecular formula is C14H19F3N2. The van der Waals surface area contributed by atoms with Gasteiger partial charge >= 0.3 is 6.18 Å². The van der Waals surface area contributed by atoms with Crippen molar-refractivity contribution in [2.24, 2.45) is 11.8 Å². The molecule has 0 amide bonds. The fraction of sp³-hybridized carbons (Fsp3) is 0.571. The molecule has 2 N–H and O–H groups in total. The van der Waals surface area contributed by atoms with Gasteiger partial charge in [-0.2, -0.15) is 13.2 Å². The van der Waals surface area contributed by atoms with E-state index in [1.54, 1.807) is 6.07 Å². The van der Waals surface area contributed by atoms with Crippen LogP contribution in [0, 0.1) is 11.8 Å². The average Bonchev–Trinajstić information content (AvgIpc) is 2.25. The molecule has 1 saturated heterocycles. The molecule has 1 aliphatic heterocycles. The third-order valence-electron chi connectivity index (χ3n) is 3.50. The molecule has 2 unspecified atom stereocenters. The lowest BCUT2D eigenvalue weighted by molar-refractivity contribution is -0.137. The molecule has 0 radical (unpaired) electrons. The fourth-order valence-electron chi connectivity index (χ4n) is 2.85. The van der Waals surface area contributed by atoms with Crippen molar-refractivity contribution in [3.05, 3.63) is 23.8 Å². The second-order valence-electron chi connectivity index (χ2n) is 5.66. The Morgan fingerprint density at radius 1 is 1.11 bits per heavy atom. The molecule has 0 aromatic heterocycles. The maximum Gasteiger partial charge on any atom is 0.416 e. The van der Waals surface area contributed by atoms with E-state index in [9.17, 15) is 13.2 Å². The molecular weight excluding hydrogens is 253 g/mol. The number of rotatable bonds is 1. The van der Waals surface area contributed by atoms with Gasteiger partial charge in [0.1, 0.15) is 0 Å². The molecule has 1 aromatic rings.